The first-order valence-electron chi connectivity index (χ1n) is 9.62. The number of aromatic nitrogens is 3. The van der Waals surface area contributed by atoms with E-state index in [0.29, 0.717) is 25.4 Å². The summed E-state index contributed by atoms with van der Waals surface area (Å²) in [6, 6.07) is 5.76. The summed E-state index contributed by atoms with van der Waals surface area (Å²) in [5.74, 6) is 0.540. The van der Waals surface area contributed by atoms with Crippen LogP contribution < -0.4 is 0 Å². The predicted octanol–water partition coefficient (Wildman–Crippen LogP) is 1.57. The molecule has 7 nitrogen and oxygen atoms in total. The van der Waals surface area contributed by atoms with Crippen molar-refractivity contribution >= 4 is 11.8 Å². The van der Waals surface area contributed by atoms with E-state index in [1.807, 2.05) is 34.0 Å². The first kappa shape index (κ1) is 17.7. The van der Waals surface area contributed by atoms with Crippen molar-refractivity contribution in [1.29, 1.82) is 0 Å². The Morgan fingerprint density at radius 3 is 2.74 bits per heavy atom. The van der Waals surface area contributed by atoms with Crippen LogP contribution in [0.1, 0.15) is 24.8 Å². The maximum Gasteiger partial charge on any atom is 0.227 e. The maximum absolute atomic E-state index is 12.9. The van der Waals surface area contributed by atoms with Gasteiger partial charge in [-0.15, -0.1) is 0 Å². The van der Waals surface area contributed by atoms with Crippen LogP contribution in [0.5, 0.6) is 0 Å². The average Bonchev–Trinajstić information content (AvgIpc) is 3.33. The Kier molecular flexibility index (Phi) is 5.18. The van der Waals surface area contributed by atoms with Crippen LogP contribution in [0.15, 0.2) is 43.0 Å². The molecular weight excluding hydrogens is 342 g/mol. The Balaban J connectivity index is 1.28. The smallest absolute Gasteiger partial charge is 0.227 e. The lowest BCUT2D eigenvalue weighted by Crippen LogP contribution is -2.43. The lowest BCUT2D eigenvalue weighted by Gasteiger charge is -2.33. The second-order valence-electron chi connectivity index (χ2n) is 7.53. The fraction of sp³-hybridized carbons (Fsp3) is 0.500. The molecule has 4 heterocycles. The third-order valence-electron chi connectivity index (χ3n) is 5.59. The number of rotatable bonds is 5. The zero-order valence-electron chi connectivity index (χ0n) is 15.4. The number of carbonyl (C=O) groups is 2. The van der Waals surface area contributed by atoms with Gasteiger partial charge >= 0.3 is 0 Å². The molecule has 0 radical (unpaired) electrons. The molecule has 0 unspecified atom stereocenters. The highest BCUT2D eigenvalue weighted by molar-refractivity contribution is 5.89. The van der Waals surface area contributed by atoms with Crippen molar-refractivity contribution in [1.82, 2.24) is 24.6 Å². The van der Waals surface area contributed by atoms with Crippen LogP contribution in [0.2, 0.25) is 0 Å². The van der Waals surface area contributed by atoms with Gasteiger partial charge in [-0.1, -0.05) is 6.07 Å². The van der Waals surface area contributed by atoms with Crippen molar-refractivity contribution in [3.8, 4) is 0 Å². The molecule has 1 atom stereocenters. The Morgan fingerprint density at radius 1 is 1.19 bits per heavy atom. The summed E-state index contributed by atoms with van der Waals surface area (Å²) in [6.45, 7) is 3.51. The Morgan fingerprint density at radius 2 is 2.04 bits per heavy atom. The lowest BCUT2D eigenvalue weighted by molar-refractivity contribution is -0.137. The summed E-state index contributed by atoms with van der Waals surface area (Å²) in [6.07, 6.45) is 9.58. The van der Waals surface area contributed by atoms with Gasteiger partial charge in [-0.3, -0.25) is 19.3 Å². The minimum Gasteiger partial charge on any atom is -0.342 e. The summed E-state index contributed by atoms with van der Waals surface area (Å²) >= 11 is 0. The highest BCUT2D eigenvalue weighted by Gasteiger charge is 2.37. The van der Waals surface area contributed by atoms with Crippen molar-refractivity contribution in [2.75, 3.05) is 19.6 Å². The molecular formula is C20H25N5O2. The van der Waals surface area contributed by atoms with Crippen LogP contribution in [-0.4, -0.2) is 56.0 Å². The average molecular weight is 367 g/mol. The minimum absolute atomic E-state index is 0.0609. The first-order chi connectivity index (χ1) is 13.2. The second-order valence-corrected chi connectivity index (χ2v) is 7.53. The Labute approximate surface area is 159 Å². The maximum atomic E-state index is 12.9. The summed E-state index contributed by atoms with van der Waals surface area (Å²) < 4.78 is 1.97. The zero-order valence-corrected chi connectivity index (χ0v) is 15.4. The topological polar surface area (TPSA) is 71.3 Å². The summed E-state index contributed by atoms with van der Waals surface area (Å²) in [5, 5.41) is 4.27. The number of amides is 2. The Bertz CT molecular complexity index is 769. The number of pyridine rings is 1. The van der Waals surface area contributed by atoms with Crippen molar-refractivity contribution in [3.63, 3.8) is 0 Å². The molecule has 2 saturated heterocycles. The fourth-order valence-electron chi connectivity index (χ4n) is 4.07. The SMILES string of the molecule is O=C1C[C@@H](C(=O)N2CCC(Cn3cccn3)CC2)CN1Cc1cccnc1. The number of piperidine rings is 1. The van der Waals surface area contributed by atoms with Crippen LogP contribution in [0, 0.1) is 11.8 Å². The zero-order chi connectivity index (χ0) is 18.6. The van der Waals surface area contributed by atoms with Gasteiger partial charge in [0.15, 0.2) is 0 Å². The third-order valence-corrected chi connectivity index (χ3v) is 5.59. The predicted molar refractivity (Wildman–Crippen MR) is 99.3 cm³/mol. The quantitative estimate of drug-likeness (QED) is 0.804. The normalized spacial score (nSPS) is 21.0. The number of carbonyl (C=O) groups excluding carboxylic acids is 2. The fourth-order valence-corrected chi connectivity index (χ4v) is 4.07. The molecule has 2 fully saturated rings. The molecule has 0 spiro atoms. The molecule has 0 aromatic carbocycles. The molecule has 0 aliphatic carbocycles. The summed E-state index contributed by atoms with van der Waals surface area (Å²) in [5.41, 5.74) is 0.999. The van der Waals surface area contributed by atoms with E-state index in [9.17, 15) is 9.59 Å². The van der Waals surface area contributed by atoms with E-state index in [4.69, 9.17) is 0 Å². The van der Waals surface area contributed by atoms with E-state index < -0.39 is 0 Å². The van der Waals surface area contributed by atoms with Crippen molar-refractivity contribution < 1.29 is 9.59 Å². The monoisotopic (exact) mass is 367 g/mol. The van der Waals surface area contributed by atoms with Gasteiger partial charge in [0.2, 0.25) is 11.8 Å². The van der Waals surface area contributed by atoms with Gasteiger partial charge in [0.05, 0.1) is 5.92 Å². The van der Waals surface area contributed by atoms with Crippen LogP contribution in [-0.2, 0) is 22.7 Å². The van der Waals surface area contributed by atoms with E-state index in [1.54, 1.807) is 23.5 Å². The molecule has 2 aromatic heterocycles. The molecule has 27 heavy (non-hydrogen) atoms. The van der Waals surface area contributed by atoms with Crippen molar-refractivity contribution in [2.45, 2.75) is 32.4 Å². The minimum atomic E-state index is -0.211. The van der Waals surface area contributed by atoms with Crippen LogP contribution in [0.25, 0.3) is 0 Å². The molecule has 2 amide bonds. The number of nitrogens with zero attached hydrogens (tertiary/aromatic N) is 5. The molecule has 0 N–H and O–H groups in total. The van der Waals surface area contributed by atoms with Gasteiger partial charge in [-0.25, -0.2) is 0 Å². The largest absolute Gasteiger partial charge is 0.342 e. The highest BCUT2D eigenvalue weighted by atomic mass is 16.2. The van der Waals surface area contributed by atoms with Gasteiger partial charge < -0.3 is 9.80 Å². The molecule has 142 valence electrons. The van der Waals surface area contributed by atoms with E-state index in [0.717, 1.165) is 38.0 Å². The second kappa shape index (κ2) is 7.90. The van der Waals surface area contributed by atoms with Gasteiger partial charge in [-0.2, -0.15) is 5.10 Å². The number of hydrogen-bond acceptors (Lipinski definition) is 4. The van der Waals surface area contributed by atoms with Crippen LogP contribution >= 0.6 is 0 Å². The molecule has 2 aromatic rings. The van der Waals surface area contributed by atoms with Gasteiger partial charge in [0, 0.05) is 63.9 Å². The van der Waals surface area contributed by atoms with E-state index in [1.165, 1.54) is 0 Å². The van der Waals surface area contributed by atoms with E-state index in [-0.39, 0.29) is 17.7 Å². The molecule has 0 saturated carbocycles. The summed E-state index contributed by atoms with van der Waals surface area (Å²) in [4.78, 5) is 33.0. The van der Waals surface area contributed by atoms with Crippen molar-refractivity contribution in [2.24, 2.45) is 11.8 Å². The molecule has 7 heteroatoms. The van der Waals surface area contributed by atoms with Crippen molar-refractivity contribution in [3.05, 3.63) is 48.5 Å². The van der Waals surface area contributed by atoms with Crippen LogP contribution in [0.3, 0.4) is 0 Å². The molecule has 2 aliphatic rings. The summed E-state index contributed by atoms with van der Waals surface area (Å²) in [7, 11) is 0. The van der Waals surface area contributed by atoms with Gasteiger partial charge in [0.1, 0.15) is 0 Å². The molecule has 0 bridgehead atoms. The third kappa shape index (κ3) is 4.18. The van der Waals surface area contributed by atoms with E-state index in [2.05, 4.69) is 10.1 Å². The lowest BCUT2D eigenvalue weighted by atomic mass is 9.95. The highest BCUT2D eigenvalue weighted by Crippen LogP contribution is 2.25. The molecule has 2 aliphatic heterocycles. The number of hydrogen-bond donors (Lipinski definition) is 0. The van der Waals surface area contributed by atoms with Gasteiger partial charge in [0.25, 0.3) is 0 Å². The van der Waals surface area contributed by atoms with Gasteiger partial charge in [-0.05, 0) is 36.5 Å². The number of likely N-dealkylation sites (tertiary alicyclic amines) is 2. The van der Waals surface area contributed by atoms with E-state index >= 15 is 0 Å². The Hall–Kier alpha value is -2.70. The first-order valence-corrected chi connectivity index (χ1v) is 9.62. The molecule has 4 rings (SSSR count). The standard InChI is InChI=1S/C20H25N5O2/c26-19-11-18(15-24(19)13-17-3-1-6-21-12-17)20(27)23-9-4-16(5-10-23)14-25-8-2-7-22-25/h1-3,6-8,12,16,18H,4-5,9-11,13-15H2/t18-/m1/s1. The van der Waals surface area contributed by atoms with Crippen LogP contribution in [0.4, 0.5) is 0 Å².